The highest BCUT2D eigenvalue weighted by atomic mass is 16.2. The highest BCUT2D eigenvalue weighted by Crippen LogP contribution is 2.22. The van der Waals surface area contributed by atoms with E-state index < -0.39 is 11.8 Å². The van der Waals surface area contributed by atoms with E-state index in [1.165, 1.54) is 5.56 Å². The summed E-state index contributed by atoms with van der Waals surface area (Å²) < 4.78 is 0. The van der Waals surface area contributed by atoms with Crippen LogP contribution in [0.15, 0.2) is 48.7 Å². The Hall–Kier alpha value is -3.52. The number of hydrogen-bond acceptors (Lipinski definition) is 2. The molecule has 0 aliphatic heterocycles. The molecule has 0 aliphatic carbocycles. The van der Waals surface area contributed by atoms with Crippen LogP contribution in [0.25, 0.3) is 10.9 Å². The van der Waals surface area contributed by atoms with Gasteiger partial charge in [0.15, 0.2) is 0 Å². The molecule has 3 aromatic rings. The van der Waals surface area contributed by atoms with Crippen molar-refractivity contribution in [1.29, 1.82) is 0 Å². The lowest BCUT2D eigenvalue weighted by molar-refractivity contribution is -0.136. The number of carbonyl (C=O) groups is 2. The van der Waals surface area contributed by atoms with Crippen LogP contribution in [0.5, 0.6) is 0 Å². The van der Waals surface area contributed by atoms with Crippen molar-refractivity contribution in [1.82, 2.24) is 10.3 Å². The molecule has 3 rings (SSSR count). The summed E-state index contributed by atoms with van der Waals surface area (Å²) >= 11 is 0. The van der Waals surface area contributed by atoms with Crippen molar-refractivity contribution < 1.29 is 9.59 Å². The summed E-state index contributed by atoms with van der Waals surface area (Å²) in [4.78, 5) is 27.2. The van der Waals surface area contributed by atoms with Gasteiger partial charge in [-0.25, -0.2) is 0 Å². The summed E-state index contributed by atoms with van der Waals surface area (Å²) in [5.74, 6) is 1.10. The van der Waals surface area contributed by atoms with E-state index in [1.54, 1.807) is 24.3 Å². The van der Waals surface area contributed by atoms with Gasteiger partial charge in [-0.1, -0.05) is 24.1 Å². The molecule has 0 atom stereocenters. The average Bonchev–Trinajstić information content (AvgIpc) is 3.06. The minimum Gasteiger partial charge on any atom is -0.361 e. The summed E-state index contributed by atoms with van der Waals surface area (Å²) in [6, 6.07) is 12.9. The van der Waals surface area contributed by atoms with Crippen molar-refractivity contribution in [2.24, 2.45) is 0 Å². The second-order valence-electron chi connectivity index (χ2n) is 6.00. The van der Waals surface area contributed by atoms with Gasteiger partial charge >= 0.3 is 11.8 Å². The summed E-state index contributed by atoms with van der Waals surface area (Å²) in [5.41, 5.74) is 4.49. The molecule has 1 aromatic heterocycles. The number of fused-ring (bicyclic) bond motifs is 1. The van der Waals surface area contributed by atoms with Crippen LogP contribution in [0.1, 0.15) is 16.7 Å². The summed E-state index contributed by atoms with van der Waals surface area (Å²) in [5, 5.41) is 6.36. The standard InChI is InChI=1S/C21H19N3O2/c1-3-15-7-5-8-17(12-15)24-21(26)20(25)22-11-10-16-13-23-18-9-4-6-14(2)19(16)18/h1,4-9,12-13,23H,10-11H2,2H3,(H,22,25)(H,24,26). The molecule has 5 heteroatoms. The molecule has 3 N–H and O–H groups in total. The van der Waals surface area contributed by atoms with Crippen LogP contribution in [-0.2, 0) is 16.0 Å². The van der Waals surface area contributed by atoms with Crippen molar-refractivity contribution in [2.75, 3.05) is 11.9 Å². The van der Waals surface area contributed by atoms with Crippen LogP contribution in [-0.4, -0.2) is 23.3 Å². The SMILES string of the molecule is C#Cc1cccc(NC(=O)C(=O)NCCc2c[nH]c3cccc(C)c23)c1. The number of nitrogens with one attached hydrogen (secondary N) is 3. The molecule has 0 radical (unpaired) electrons. The fourth-order valence-corrected chi connectivity index (χ4v) is 2.91. The fourth-order valence-electron chi connectivity index (χ4n) is 2.91. The van der Waals surface area contributed by atoms with Crippen molar-refractivity contribution in [3.63, 3.8) is 0 Å². The number of aryl methyl sites for hydroxylation is 1. The molecule has 2 amide bonds. The van der Waals surface area contributed by atoms with E-state index in [0.29, 0.717) is 24.2 Å². The van der Waals surface area contributed by atoms with Crippen molar-refractivity contribution >= 4 is 28.4 Å². The number of H-pyrrole nitrogens is 1. The predicted molar refractivity (Wildman–Crippen MR) is 103 cm³/mol. The van der Waals surface area contributed by atoms with E-state index in [0.717, 1.165) is 16.5 Å². The Labute approximate surface area is 151 Å². The Morgan fingerprint density at radius 1 is 1.15 bits per heavy atom. The van der Waals surface area contributed by atoms with Gasteiger partial charge in [0.2, 0.25) is 0 Å². The summed E-state index contributed by atoms with van der Waals surface area (Å²) in [6.07, 6.45) is 7.90. The second kappa shape index (κ2) is 7.58. The van der Waals surface area contributed by atoms with Crippen molar-refractivity contribution in [3.8, 4) is 12.3 Å². The van der Waals surface area contributed by atoms with Crippen LogP contribution in [0.3, 0.4) is 0 Å². The molecule has 1 heterocycles. The largest absolute Gasteiger partial charge is 0.361 e. The van der Waals surface area contributed by atoms with Crippen molar-refractivity contribution in [3.05, 3.63) is 65.4 Å². The molecule has 130 valence electrons. The van der Waals surface area contributed by atoms with E-state index in [4.69, 9.17) is 6.42 Å². The Morgan fingerprint density at radius 3 is 2.77 bits per heavy atom. The number of aromatic nitrogens is 1. The fraction of sp³-hybridized carbons (Fsp3) is 0.143. The maximum absolute atomic E-state index is 12.0. The zero-order valence-electron chi connectivity index (χ0n) is 14.4. The van der Waals surface area contributed by atoms with Gasteiger partial charge in [-0.3, -0.25) is 9.59 Å². The van der Waals surface area contributed by atoms with Crippen LogP contribution in [0, 0.1) is 19.3 Å². The third kappa shape index (κ3) is 3.76. The summed E-state index contributed by atoms with van der Waals surface area (Å²) in [7, 11) is 0. The normalized spacial score (nSPS) is 10.3. The number of rotatable bonds is 4. The van der Waals surface area contributed by atoms with Gasteiger partial charge in [0.25, 0.3) is 0 Å². The Kier molecular flexibility index (Phi) is 5.04. The maximum Gasteiger partial charge on any atom is 0.313 e. The number of benzene rings is 2. The zero-order chi connectivity index (χ0) is 18.5. The monoisotopic (exact) mass is 345 g/mol. The minimum atomic E-state index is -0.714. The lowest BCUT2D eigenvalue weighted by Gasteiger charge is -2.07. The molecular weight excluding hydrogens is 326 g/mol. The molecule has 0 spiro atoms. The molecule has 0 bridgehead atoms. The Morgan fingerprint density at radius 2 is 1.96 bits per heavy atom. The van der Waals surface area contributed by atoms with Crippen molar-refractivity contribution in [2.45, 2.75) is 13.3 Å². The van der Waals surface area contributed by atoms with Gasteiger partial charge in [0.1, 0.15) is 0 Å². The van der Waals surface area contributed by atoms with Gasteiger partial charge in [0.05, 0.1) is 0 Å². The van der Waals surface area contributed by atoms with Crippen LogP contribution in [0.2, 0.25) is 0 Å². The molecule has 0 aliphatic rings. The van der Waals surface area contributed by atoms with Gasteiger partial charge in [-0.15, -0.1) is 6.42 Å². The first-order valence-electron chi connectivity index (χ1n) is 8.30. The van der Waals surface area contributed by atoms with Gasteiger partial charge in [-0.2, -0.15) is 0 Å². The number of hydrogen-bond donors (Lipinski definition) is 3. The quantitative estimate of drug-likeness (QED) is 0.502. The number of carbonyl (C=O) groups excluding carboxylic acids is 2. The number of anilines is 1. The molecule has 26 heavy (non-hydrogen) atoms. The zero-order valence-corrected chi connectivity index (χ0v) is 14.4. The first-order chi connectivity index (χ1) is 12.6. The van der Waals surface area contributed by atoms with E-state index in [1.807, 2.05) is 18.3 Å². The topological polar surface area (TPSA) is 74.0 Å². The van der Waals surface area contributed by atoms with Crippen LogP contribution >= 0.6 is 0 Å². The maximum atomic E-state index is 12.0. The van der Waals surface area contributed by atoms with Gasteiger partial charge in [0, 0.05) is 34.9 Å². The van der Waals surface area contributed by atoms with Gasteiger partial charge < -0.3 is 15.6 Å². The van der Waals surface area contributed by atoms with E-state index in [2.05, 4.69) is 34.5 Å². The smallest absolute Gasteiger partial charge is 0.313 e. The van der Waals surface area contributed by atoms with E-state index in [-0.39, 0.29) is 0 Å². The lowest BCUT2D eigenvalue weighted by Crippen LogP contribution is -2.36. The summed E-state index contributed by atoms with van der Waals surface area (Å²) in [6.45, 7) is 2.42. The second-order valence-corrected chi connectivity index (χ2v) is 6.00. The highest BCUT2D eigenvalue weighted by molar-refractivity contribution is 6.39. The predicted octanol–water partition coefficient (Wildman–Crippen LogP) is 2.76. The number of terminal acetylenes is 1. The van der Waals surface area contributed by atoms with Crippen LogP contribution < -0.4 is 10.6 Å². The molecule has 0 saturated carbocycles. The third-order valence-electron chi connectivity index (χ3n) is 4.17. The first-order valence-corrected chi connectivity index (χ1v) is 8.30. The Bertz CT molecular complexity index is 1010. The molecule has 0 saturated heterocycles. The minimum absolute atomic E-state index is 0.373. The third-order valence-corrected chi connectivity index (χ3v) is 4.17. The molecule has 5 nitrogen and oxygen atoms in total. The van der Waals surface area contributed by atoms with E-state index in [9.17, 15) is 9.59 Å². The number of amides is 2. The first kappa shape index (κ1) is 17.3. The Balaban J connectivity index is 1.56. The average molecular weight is 345 g/mol. The van der Waals surface area contributed by atoms with Gasteiger partial charge in [-0.05, 0) is 48.7 Å². The number of aromatic amines is 1. The highest BCUT2D eigenvalue weighted by Gasteiger charge is 2.14. The van der Waals surface area contributed by atoms with Crippen LogP contribution in [0.4, 0.5) is 5.69 Å². The molecule has 0 fully saturated rings. The molecule has 0 unspecified atom stereocenters. The molecular formula is C21H19N3O2. The molecule has 2 aromatic carbocycles. The van der Waals surface area contributed by atoms with E-state index >= 15 is 0 Å². The lowest BCUT2D eigenvalue weighted by atomic mass is 10.1.